The maximum absolute atomic E-state index is 10.9. The lowest BCUT2D eigenvalue weighted by Crippen LogP contribution is -2.00. The third-order valence-corrected chi connectivity index (χ3v) is 3.96. The number of rotatable bonds is 5. The van der Waals surface area contributed by atoms with Crippen LogP contribution in [0.4, 0.5) is 0 Å². The van der Waals surface area contributed by atoms with Gasteiger partial charge >= 0.3 is 5.97 Å². The second-order valence-corrected chi connectivity index (χ2v) is 5.98. The molecule has 0 radical (unpaired) electrons. The van der Waals surface area contributed by atoms with Crippen LogP contribution in [0.1, 0.15) is 41.3 Å². The molecule has 0 spiro atoms. The van der Waals surface area contributed by atoms with E-state index < -0.39 is 5.97 Å². The minimum Gasteiger partial charge on any atom is -0.489 e. The second-order valence-electron chi connectivity index (χ2n) is 5.13. The van der Waals surface area contributed by atoms with Crippen LogP contribution in [0.3, 0.4) is 0 Å². The molecule has 0 atom stereocenters. The number of ether oxygens (including phenoxy) is 1. The molecule has 2 aromatic carbocycles. The molecule has 0 saturated heterocycles. The third-order valence-electron chi connectivity index (χ3n) is 3.22. The fourth-order valence-corrected chi connectivity index (χ4v) is 2.42. The van der Waals surface area contributed by atoms with Gasteiger partial charge in [-0.15, -0.1) is 0 Å². The molecule has 0 fully saturated rings. The lowest BCUT2D eigenvalue weighted by atomic mass is 10.0. The van der Waals surface area contributed by atoms with Gasteiger partial charge in [0.1, 0.15) is 12.4 Å². The lowest BCUT2D eigenvalue weighted by molar-refractivity contribution is 0.0696. The van der Waals surface area contributed by atoms with E-state index in [1.54, 1.807) is 18.2 Å². The highest BCUT2D eigenvalue weighted by Gasteiger charge is 2.08. The van der Waals surface area contributed by atoms with Crippen molar-refractivity contribution in [1.82, 2.24) is 0 Å². The fourth-order valence-electron chi connectivity index (χ4n) is 1.92. The number of aromatic carboxylic acids is 1. The molecule has 110 valence electrons. The van der Waals surface area contributed by atoms with Gasteiger partial charge in [-0.05, 0) is 35.7 Å². The van der Waals surface area contributed by atoms with Gasteiger partial charge in [0.05, 0.1) is 5.56 Å². The van der Waals surface area contributed by atoms with E-state index in [4.69, 9.17) is 9.84 Å². The zero-order valence-corrected chi connectivity index (χ0v) is 13.6. The molecule has 0 heterocycles. The van der Waals surface area contributed by atoms with Crippen LogP contribution in [0.25, 0.3) is 0 Å². The summed E-state index contributed by atoms with van der Waals surface area (Å²) in [7, 11) is 0. The molecule has 0 saturated carbocycles. The van der Waals surface area contributed by atoms with Gasteiger partial charge in [-0.2, -0.15) is 0 Å². The zero-order chi connectivity index (χ0) is 15.4. The van der Waals surface area contributed by atoms with E-state index in [2.05, 4.69) is 35.8 Å². The van der Waals surface area contributed by atoms with Crippen molar-refractivity contribution in [2.24, 2.45) is 0 Å². The highest BCUT2D eigenvalue weighted by atomic mass is 79.9. The number of benzene rings is 2. The first-order valence-electron chi connectivity index (χ1n) is 6.72. The predicted molar refractivity (Wildman–Crippen MR) is 86.0 cm³/mol. The molecule has 0 amide bonds. The maximum Gasteiger partial charge on any atom is 0.335 e. The third kappa shape index (κ3) is 4.08. The molecule has 4 heteroatoms. The van der Waals surface area contributed by atoms with E-state index in [-0.39, 0.29) is 5.56 Å². The van der Waals surface area contributed by atoms with Crippen molar-refractivity contribution in [3.63, 3.8) is 0 Å². The standard InChI is InChI=1S/C17H17BrO3/c1-11(2)12-4-3-5-15(8-12)21-10-14-7-6-13(17(19)20)9-16(14)18/h3-9,11H,10H2,1-2H3,(H,19,20). The van der Waals surface area contributed by atoms with Gasteiger partial charge in [-0.1, -0.05) is 48.0 Å². The van der Waals surface area contributed by atoms with Gasteiger partial charge in [0.25, 0.3) is 0 Å². The average molecular weight is 349 g/mol. The molecule has 2 rings (SSSR count). The Kier molecular flexibility index (Phi) is 5.02. The predicted octanol–water partition coefficient (Wildman–Crippen LogP) is 4.85. The van der Waals surface area contributed by atoms with Crippen molar-refractivity contribution in [3.8, 4) is 5.75 Å². The Hall–Kier alpha value is -1.81. The summed E-state index contributed by atoms with van der Waals surface area (Å²) in [5, 5.41) is 8.94. The first-order valence-corrected chi connectivity index (χ1v) is 7.51. The Morgan fingerprint density at radius 1 is 1.24 bits per heavy atom. The van der Waals surface area contributed by atoms with Crippen LogP contribution in [0.15, 0.2) is 46.9 Å². The summed E-state index contributed by atoms with van der Waals surface area (Å²) in [6, 6.07) is 12.9. The second kappa shape index (κ2) is 6.76. The van der Waals surface area contributed by atoms with Gasteiger partial charge in [0.2, 0.25) is 0 Å². The number of carbonyl (C=O) groups is 1. The van der Waals surface area contributed by atoms with Crippen LogP contribution in [-0.2, 0) is 6.61 Å². The van der Waals surface area contributed by atoms with Crippen molar-refractivity contribution in [2.45, 2.75) is 26.4 Å². The van der Waals surface area contributed by atoms with Crippen LogP contribution >= 0.6 is 15.9 Å². The smallest absolute Gasteiger partial charge is 0.335 e. The minimum absolute atomic E-state index is 0.257. The molecule has 0 aromatic heterocycles. The van der Waals surface area contributed by atoms with Crippen LogP contribution in [-0.4, -0.2) is 11.1 Å². The van der Waals surface area contributed by atoms with Gasteiger partial charge in [-0.3, -0.25) is 0 Å². The average Bonchev–Trinajstić information content (AvgIpc) is 2.46. The van der Waals surface area contributed by atoms with Crippen LogP contribution < -0.4 is 4.74 Å². The van der Waals surface area contributed by atoms with Crippen molar-refractivity contribution >= 4 is 21.9 Å². The van der Waals surface area contributed by atoms with Gasteiger partial charge < -0.3 is 9.84 Å². The Morgan fingerprint density at radius 2 is 2.00 bits per heavy atom. The number of hydrogen-bond donors (Lipinski definition) is 1. The van der Waals surface area contributed by atoms with Gasteiger partial charge in [0.15, 0.2) is 0 Å². The van der Waals surface area contributed by atoms with Gasteiger partial charge in [-0.25, -0.2) is 4.79 Å². The van der Waals surface area contributed by atoms with Crippen molar-refractivity contribution < 1.29 is 14.6 Å². The minimum atomic E-state index is -0.937. The zero-order valence-electron chi connectivity index (χ0n) is 12.0. The molecular formula is C17H17BrO3. The molecule has 0 aliphatic rings. The molecule has 1 N–H and O–H groups in total. The van der Waals surface area contributed by atoms with E-state index >= 15 is 0 Å². The molecule has 0 aliphatic heterocycles. The lowest BCUT2D eigenvalue weighted by Gasteiger charge is -2.11. The summed E-state index contributed by atoms with van der Waals surface area (Å²) in [4.78, 5) is 10.9. The first kappa shape index (κ1) is 15.6. The number of halogens is 1. The maximum atomic E-state index is 10.9. The quantitative estimate of drug-likeness (QED) is 0.839. The monoisotopic (exact) mass is 348 g/mol. The Morgan fingerprint density at radius 3 is 2.62 bits per heavy atom. The van der Waals surface area contributed by atoms with E-state index in [1.165, 1.54) is 5.56 Å². The largest absolute Gasteiger partial charge is 0.489 e. The van der Waals surface area contributed by atoms with E-state index in [0.717, 1.165) is 15.8 Å². The van der Waals surface area contributed by atoms with Crippen LogP contribution in [0, 0.1) is 0 Å². The molecule has 0 unspecified atom stereocenters. The molecule has 3 nitrogen and oxygen atoms in total. The van der Waals surface area contributed by atoms with E-state index in [1.807, 2.05) is 18.2 Å². The van der Waals surface area contributed by atoms with Crippen LogP contribution in [0.5, 0.6) is 5.75 Å². The summed E-state index contributed by atoms with van der Waals surface area (Å²) >= 11 is 3.38. The number of carboxylic acid groups (broad SMARTS) is 1. The molecule has 0 bridgehead atoms. The van der Waals surface area contributed by atoms with Crippen LogP contribution in [0.2, 0.25) is 0 Å². The van der Waals surface area contributed by atoms with Crippen molar-refractivity contribution in [3.05, 3.63) is 63.6 Å². The Balaban J connectivity index is 2.09. The summed E-state index contributed by atoms with van der Waals surface area (Å²) < 4.78 is 6.52. The Bertz CT molecular complexity index is 650. The molecular weight excluding hydrogens is 332 g/mol. The summed E-state index contributed by atoms with van der Waals surface area (Å²) in [6.07, 6.45) is 0. The van der Waals surface area contributed by atoms with E-state index in [0.29, 0.717) is 12.5 Å². The molecule has 2 aromatic rings. The SMILES string of the molecule is CC(C)c1cccc(OCc2ccc(C(=O)O)cc2Br)c1. The normalized spacial score (nSPS) is 10.7. The molecule has 0 aliphatic carbocycles. The Labute approximate surface area is 132 Å². The number of hydrogen-bond acceptors (Lipinski definition) is 2. The van der Waals surface area contributed by atoms with Crippen molar-refractivity contribution in [1.29, 1.82) is 0 Å². The fraction of sp³-hybridized carbons (Fsp3) is 0.235. The highest BCUT2D eigenvalue weighted by Crippen LogP contribution is 2.23. The first-order chi connectivity index (χ1) is 9.97. The summed E-state index contributed by atoms with van der Waals surface area (Å²) in [6.45, 7) is 4.67. The topological polar surface area (TPSA) is 46.5 Å². The number of carboxylic acids is 1. The molecule has 21 heavy (non-hydrogen) atoms. The van der Waals surface area contributed by atoms with E-state index in [9.17, 15) is 4.79 Å². The summed E-state index contributed by atoms with van der Waals surface area (Å²) in [5.41, 5.74) is 2.40. The summed E-state index contributed by atoms with van der Waals surface area (Å²) in [5.74, 6) is 0.332. The highest BCUT2D eigenvalue weighted by molar-refractivity contribution is 9.10. The van der Waals surface area contributed by atoms with Gasteiger partial charge in [0, 0.05) is 10.0 Å². The van der Waals surface area contributed by atoms with Crippen molar-refractivity contribution in [2.75, 3.05) is 0 Å².